The second-order valence-corrected chi connectivity index (χ2v) is 4.24. The van der Waals surface area contributed by atoms with Crippen molar-refractivity contribution in [1.82, 2.24) is 4.90 Å². The Labute approximate surface area is 105 Å². The maximum absolute atomic E-state index is 12.7. The highest BCUT2D eigenvalue weighted by Gasteiger charge is 2.43. The summed E-state index contributed by atoms with van der Waals surface area (Å²) in [4.78, 5) is 1.56. The largest absolute Gasteiger partial charge is 0.399 e. The van der Waals surface area contributed by atoms with Crippen molar-refractivity contribution in [1.29, 1.82) is 5.41 Å². The molecule has 0 spiro atoms. The summed E-state index contributed by atoms with van der Waals surface area (Å²) >= 11 is 0. The van der Waals surface area contributed by atoms with Crippen molar-refractivity contribution < 1.29 is 18.3 Å². The molecule has 0 fully saturated rings. The van der Waals surface area contributed by atoms with Crippen LogP contribution in [0.25, 0.3) is 0 Å². The predicted octanol–water partition coefficient (Wildman–Crippen LogP) is 1.58. The number of nitrogens with one attached hydrogen (secondary N) is 1. The van der Waals surface area contributed by atoms with Gasteiger partial charge in [-0.25, -0.2) is 0 Å². The van der Waals surface area contributed by atoms with E-state index < -0.39 is 17.9 Å². The van der Waals surface area contributed by atoms with E-state index in [1.54, 1.807) is 4.90 Å². The van der Waals surface area contributed by atoms with Gasteiger partial charge in [0.15, 0.2) is 0 Å². The van der Waals surface area contributed by atoms with Crippen molar-refractivity contribution in [2.24, 2.45) is 11.7 Å². The summed E-state index contributed by atoms with van der Waals surface area (Å²) < 4.78 is 38.2. The zero-order chi connectivity index (χ0) is 14.3. The van der Waals surface area contributed by atoms with Gasteiger partial charge >= 0.3 is 6.18 Å². The van der Waals surface area contributed by atoms with Crippen molar-refractivity contribution in [2.75, 3.05) is 19.7 Å². The van der Waals surface area contributed by atoms with E-state index in [2.05, 4.69) is 0 Å². The number of halogens is 3. The van der Waals surface area contributed by atoms with Crippen LogP contribution in [0.3, 0.4) is 0 Å². The van der Waals surface area contributed by atoms with Crippen LogP contribution in [0, 0.1) is 11.3 Å². The number of hydrogen-bond donors (Lipinski definition) is 3. The fraction of sp³-hybridized carbons (Fsp3) is 0.909. The first-order valence-corrected chi connectivity index (χ1v) is 6.03. The Morgan fingerprint density at radius 3 is 2.11 bits per heavy atom. The van der Waals surface area contributed by atoms with Gasteiger partial charge in [0.05, 0.1) is 6.61 Å². The second kappa shape index (κ2) is 7.58. The molecule has 0 amide bonds. The van der Waals surface area contributed by atoms with E-state index >= 15 is 0 Å². The van der Waals surface area contributed by atoms with Crippen molar-refractivity contribution in [3.05, 3.63) is 0 Å². The summed E-state index contributed by atoms with van der Waals surface area (Å²) in [5.74, 6) is -2.85. The first-order valence-electron chi connectivity index (χ1n) is 6.03. The smallest absolute Gasteiger partial charge is 0.395 e. The Kier molecular flexibility index (Phi) is 7.23. The van der Waals surface area contributed by atoms with Crippen molar-refractivity contribution in [3.8, 4) is 0 Å². The average Bonchev–Trinajstić information content (AvgIpc) is 2.24. The van der Waals surface area contributed by atoms with Crippen LogP contribution in [-0.2, 0) is 0 Å². The lowest BCUT2D eigenvalue weighted by Crippen LogP contribution is -2.48. The van der Waals surface area contributed by atoms with Gasteiger partial charge in [-0.2, -0.15) is 13.2 Å². The van der Waals surface area contributed by atoms with Gasteiger partial charge in [0.2, 0.25) is 0 Å². The lowest BCUT2D eigenvalue weighted by molar-refractivity contribution is -0.161. The molecule has 7 heteroatoms. The number of rotatable bonds is 8. The summed E-state index contributed by atoms with van der Waals surface area (Å²) in [5.41, 5.74) is 5.02. The maximum atomic E-state index is 12.7. The van der Waals surface area contributed by atoms with E-state index in [4.69, 9.17) is 16.2 Å². The van der Waals surface area contributed by atoms with Gasteiger partial charge in [-0.05, 0) is 12.8 Å². The highest BCUT2D eigenvalue weighted by Crippen LogP contribution is 2.28. The number of hydrogen-bond acceptors (Lipinski definition) is 3. The number of alkyl halides is 3. The molecule has 0 aromatic heterocycles. The van der Waals surface area contributed by atoms with Crippen LogP contribution < -0.4 is 5.73 Å². The minimum absolute atomic E-state index is 0.0404. The summed E-state index contributed by atoms with van der Waals surface area (Å²) in [6.45, 7) is 3.35. The topological polar surface area (TPSA) is 73.3 Å². The molecule has 1 unspecified atom stereocenters. The van der Waals surface area contributed by atoms with Gasteiger partial charge < -0.3 is 10.8 Å². The highest BCUT2D eigenvalue weighted by atomic mass is 19.4. The van der Waals surface area contributed by atoms with Gasteiger partial charge in [0, 0.05) is 19.1 Å². The number of aliphatic hydroxyl groups excluding tert-OH is 1. The monoisotopic (exact) mass is 269 g/mol. The van der Waals surface area contributed by atoms with Crippen molar-refractivity contribution >= 4 is 5.84 Å². The maximum Gasteiger partial charge on any atom is 0.399 e. The molecule has 4 nitrogen and oxygen atoms in total. The fourth-order valence-corrected chi connectivity index (χ4v) is 1.97. The minimum atomic E-state index is -4.52. The Hall–Kier alpha value is -0.820. The van der Waals surface area contributed by atoms with Crippen LogP contribution in [0.1, 0.15) is 26.7 Å². The fourth-order valence-electron chi connectivity index (χ4n) is 1.97. The summed E-state index contributed by atoms with van der Waals surface area (Å²) in [6, 6.07) is -0.0404. The van der Waals surface area contributed by atoms with Crippen LogP contribution in [0.15, 0.2) is 0 Å². The second-order valence-electron chi connectivity index (χ2n) is 4.24. The molecule has 0 rings (SSSR count). The third kappa shape index (κ3) is 5.22. The number of aliphatic hydroxyl groups is 1. The van der Waals surface area contributed by atoms with E-state index in [9.17, 15) is 13.2 Å². The Balaban J connectivity index is 4.87. The van der Waals surface area contributed by atoms with Crippen LogP contribution in [0.4, 0.5) is 13.2 Å². The highest BCUT2D eigenvalue weighted by molar-refractivity contribution is 5.80. The molecule has 0 aromatic carbocycles. The molecule has 4 N–H and O–H groups in total. The Morgan fingerprint density at radius 1 is 1.33 bits per heavy atom. The van der Waals surface area contributed by atoms with Crippen LogP contribution >= 0.6 is 0 Å². The molecular weight excluding hydrogens is 247 g/mol. The zero-order valence-corrected chi connectivity index (χ0v) is 10.8. The summed E-state index contributed by atoms with van der Waals surface area (Å²) in [6.07, 6.45) is -3.14. The molecular formula is C11H22F3N3O. The molecule has 0 heterocycles. The van der Waals surface area contributed by atoms with Gasteiger partial charge in [-0.3, -0.25) is 10.3 Å². The van der Waals surface area contributed by atoms with Gasteiger partial charge in [0.1, 0.15) is 11.8 Å². The van der Waals surface area contributed by atoms with Gasteiger partial charge in [0.25, 0.3) is 0 Å². The molecule has 0 bridgehead atoms. The Morgan fingerprint density at radius 2 is 1.83 bits per heavy atom. The van der Waals surface area contributed by atoms with Crippen LogP contribution in [0.5, 0.6) is 0 Å². The van der Waals surface area contributed by atoms with Gasteiger partial charge in [-0.15, -0.1) is 0 Å². The third-order valence-electron chi connectivity index (χ3n) is 3.03. The Bertz CT molecular complexity index is 254. The molecule has 0 saturated carbocycles. The molecule has 0 aliphatic rings. The lowest BCUT2D eigenvalue weighted by Gasteiger charge is -2.33. The summed E-state index contributed by atoms with van der Waals surface area (Å²) in [7, 11) is 0. The standard InChI is InChI=1S/C11H22F3N3O/c1-3-8(4-2)17(5-6-18)7-9(10(15)16)11(12,13)14/h8-9,18H,3-7H2,1-2H3,(H3,15,16). The predicted molar refractivity (Wildman–Crippen MR) is 64.5 cm³/mol. The zero-order valence-electron chi connectivity index (χ0n) is 10.8. The minimum Gasteiger partial charge on any atom is -0.395 e. The van der Waals surface area contributed by atoms with Crippen LogP contribution in [-0.4, -0.2) is 47.8 Å². The average molecular weight is 269 g/mol. The molecule has 0 saturated heterocycles. The first kappa shape index (κ1) is 17.2. The molecule has 108 valence electrons. The molecule has 0 aliphatic heterocycles. The third-order valence-corrected chi connectivity index (χ3v) is 3.03. The van der Waals surface area contributed by atoms with E-state index in [0.29, 0.717) is 12.8 Å². The van der Waals surface area contributed by atoms with Crippen LogP contribution in [0.2, 0.25) is 0 Å². The molecule has 0 radical (unpaired) electrons. The lowest BCUT2D eigenvalue weighted by atomic mass is 10.0. The van der Waals surface area contributed by atoms with E-state index in [-0.39, 0.29) is 25.7 Å². The summed E-state index contributed by atoms with van der Waals surface area (Å²) in [5, 5.41) is 16.0. The van der Waals surface area contributed by atoms with Gasteiger partial charge in [-0.1, -0.05) is 13.8 Å². The molecule has 1 atom stereocenters. The molecule has 0 aliphatic carbocycles. The quantitative estimate of drug-likeness (QED) is 0.463. The van der Waals surface area contributed by atoms with E-state index in [1.165, 1.54) is 0 Å². The van der Waals surface area contributed by atoms with Crippen molar-refractivity contribution in [2.45, 2.75) is 38.9 Å². The van der Waals surface area contributed by atoms with Crippen molar-refractivity contribution in [3.63, 3.8) is 0 Å². The number of nitrogens with two attached hydrogens (primary N) is 1. The molecule has 0 aromatic rings. The normalized spacial score (nSPS) is 14.2. The van der Waals surface area contributed by atoms with E-state index in [1.807, 2.05) is 13.8 Å². The SMILES string of the molecule is CCC(CC)N(CCO)CC(C(=N)N)C(F)(F)F. The molecule has 18 heavy (non-hydrogen) atoms. The van der Waals surface area contributed by atoms with E-state index in [0.717, 1.165) is 0 Å². The number of nitrogens with zero attached hydrogens (tertiary/aromatic N) is 1. The number of amidine groups is 1. The first-order chi connectivity index (χ1) is 8.27.